The molecule has 1 aromatic carbocycles. The first-order valence-corrected chi connectivity index (χ1v) is 8.44. The standard InChI is InChI=1S/C20H16N4O4/c1-27-11-12-5-6-13(10-22-12)28-18-9-17-16(8-14(18)20(25)26)23-19(24-17)15-4-2-3-7-21-15/h2-10H,11H2,1H3,(H,23,24)(H,25,26). The monoisotopic (exact) mass is 376 g/mol. The van der Waals surface area contributed by atoms with Gasteiger partial charge in [-0.3, -0.25) is 9.97 Å². The van der Waals surface area contributed by atoms with E-state index >= 15 is 0 Å². The molecule has 0 saturated heterocycles. The number of pyridine rings is 2. The van der Waals surface area contributed by atoms with Gasteiger partial charge in [-0.2, -0.15) is 0 Å². The van der Waals surface area contributed by atoms with Crippen molar-refractivity contribution in [2.75, 3.05) is 7.11 Å². The Balaban J connectivity index is 1.72. The summed E-state index contributed by atoms with van der Waals surface area (Å²) in [5, 5.41) is 9.58. The van der Waals surface area contributed by atoms with Crippen LogP contribution in [0.3, 0.4) is 0 Å². The number of carbonyl (C=O) groups is 1. The van der Waals surface area contributed by atoms with Crippen molar-refractivity contribution >= 4 is 17.0 Å². The number of nitrogens with one attached hydrogen (secondary N) is 1. The second-order valence-electron chi connectivity index (χ2n) is 5.99. The molecule has 0 bridgehead atoms. The fourth-order valence-corrected chi connectivity index (χ4v) is 2.74. The Kier molecular flexibility index (Phi) is 4.69. The van der Waals surface area contributed by atoms with Gasteiger partial charge in [0.15, 0.2) is 5.82 Å². The minimum atomic E-state index is -1.11. The SMILES string of the molecule is COCc1ccc(Oc2cc3[nH]c(-c4ccccn4)nc3cc2C(=O)O)cn1. The molecule has 4 rings (SSSR count). The lowest BCUT2D eigenvalue weighted by molar-refractivity contribution is 0.0694. The van der Waals surface area contributed by atoms with E-state index in [1.165, 1.54) is 12.3 Å². The fourth-order valence-electron chi connectivity index (χ4n) is 2.74. The number of hydrogen-bond acceptors (Lipinski definition) is 6. The number of methoxy groups -OCH3 is 1. The minimum Gasteiger partial charge on any atom is -0.478 e. The third-order valence-electron chi connectivity index (χ3n) is 4.04. The lowest BCUT2D eigenvalue weighted by atomic mass is 10.1. The zero-order valence-corrected chi connectivity index (χ0v) is 14.9. The van der Waals surface area contributed by atoms with Crippen molar-refractivity contribution in [3.8, 4) is 23.0 Å². The van der Waals surface area contributed by atoms with Gasteiger partial charge in [-0.15, -0.1) is 0 Å². The zero-order valence-electron chi connectivity index (χ0n) is 14.9. The van der Waals surface area contributed by atoms with E-state index in [1.807, 2.05) is 18.2 Å². The molecule has 3 heterocycles. The Bertz CT molecular complexity index is 1120. The van der Waals surface area contributed by atoms with Crippen LogP contribution in [0.1, 0.15) is 16.1 Å². The van der Waals surface area contributed by atoms with E-state index in [0.717, 1.165) is 5.69 Å². The highest BCUT2D eigenvalue weighted by atomic mass is 16.5. The number of imidazole rings is 1. The van der Waals surface area contributed by atoms with Crippen LogP contribution in [0, 0.1) is 0 Å². The zero-order chi connectivity index (χ0) is 19.5. The first-order valence-electron chi connectivity index (χ1n) is 8.44. The molecule has 140 valence electrons. The van der Waals surface area contributed by atoms with E-state index in [-0.39, 0.29) is 11.3 Å². The Hall–Kier alpha value is -3.78. The first-order chi connectivity index (χ1) is 13.6. The molecule has 8 heteroatoms. The molecule has 0 amide bonds. The molecule has 28 heavy (non-hydrogen) atoms. The van der Waals surface area contributed by atoms with Crippen LogP contribution in [0.5, 0.6) is 11.5 Å². The van der Waals surface area contributed by atoms with Crippen molar-refractivity contribution < 1.29 is 19.4 Å². The molecular formula is C20H16N4O4. The van der Waals surface area contributed by atoms with Crippen molar-refractivity contribution in [3.05, 3.63) is 66.1 Å². The number of rotatable bonds is 6. The molecule has 0 radical (unpaired) electrons. The number of benzene rings is 1. The molecule has 0 aliphatic carbocycles. The van der Waals surface area contributed by atoms with Gasteiger partial charge in [-0.1, -0.05) is 6.07 Å². The maximum Gasteiger partial charge on any atom is 0.339 e. The highest BCUT2D eigenvalue weighted by molar-refractivity contribution is 5.96. The third kappa shape index (κ3) is 3.53. The quantitative estimate of drug-likeness (QED) is 0.528. The summed E-state index contributed by atoms with van der Waals surface area (Å²) in [6.07, 6.45) is 3.19. The van der Waals surface area contributed by atoms with Gasteiger partial charge in [-0.25, -0.2) is 9.78 Å². The van der Waals surface area contributed by atoms with Crippen LogP contribution >= 0.6 is 0 Å². The summed E-state index contributed by atoms with van der Waals surface area (Å²) in [7, 11) is 1.59. The molecule has 0 fully saturated rings. The van der Waals surface area contributed by atoms with Crippen molar-refractivity contribution in [1.29, 1.82) is 0 Å². The molecule has 0 aliphatic rings. The summed E-state index contributed by atoms with van der Waals surface area (Å²) in [5.41, 5.74) is 2.57. The van der Waals surface area contributed by atoms with E-state index in [4.69, 9.17) is 9.47 Å². The minimum absolute atomic E-state index is 0.00698. The normalized spacial score (nSPS) is 10.9. The van der Waals surface area contributed by atoms with Crippen LogP contribution in [-0.4, -0.2) is 38.1 Å². The van der Waals surface area contributed by atoms with Crippen LogP contribution in [0.2, 0.25) is 0 Å². The van der Waals surface area contributed by atoms with Crippen LogP contribution in [-0.2, 0) is 11.3 Å². The van der Waals surface area contributed by atoms with Crippen LogP contribution in [0.25, 0.3) is 22.6 Å². The average molecular weight is 376 g/mol. The highest BCUT2D eigenvalue weighted by Crippen LogP contribution is 2.30. The molecular weight excluding hydrogens is 360 g/mol. The lowest BCUT2D eigenvalue weighted by Gasteiger charge is -2.09. The summed E-state index contributed by atoms with van der Waals surface area (Å²) in [6, 6.07) is 12.0. The molecule has 0 spiro atoms. The van der Waals surface area contributed by atoms with Crippen molar-refractivity contribution in [3.63, 3.8) is 0 Å². The Morgan fingerprint density at radius 1 is 1.18 bits per heavy atom. The predicted molar refractivity (Wildman–Crippen MR) is 101 cm³/mol. The number of carboxylic acids is 1. The molecule has 4 aromatic rings. The van der Waals surface area contributed by atoms with E-state index in [9.17, 15) is 9.90 Å². The molecule has 0 saturated carbocycles. The topological polar surface area (TPSA) is 110 Å². The van der Waals surface area contributed by atoms with Gasteiger partial charge in [0.05, 0.1) is 29.5 Å². The van der Waals surface area contributed by atoms with E-state index < -0.39 is 5.97 Å². The number of aromatic carboxylic acids is 1. The molecule has 8 nitrogen and oxygen atoms in total. The predicted octanol–water partition coefficient (Wildman–Crippen LogP) is 3.66. The lowest BCUT2D eigenvalue weighted by Crippen LogP contribution is -2.00. The number of fused-ring (bicyclic) bond motifs is 1. The molecule has 0 atom stereocenters. The number of carboxylic acid groups (broad SMARTS) is 1. The third-order valence-corrected chi connectivity index (χ3v) is 4.04. The largest absolute Gasteiger partial charge is 0.478 e. The summed E-state index contributed by atoms with van der Waals surface area (Å²) in [5.74, 6) is 0.0570. The maximum atomic E-state index is 11.7. The number of aromatic nitrogens is 4. The van der Waals surface area contributed by atoms with Crippen LogP contribution in [0.15, 0.2) is 54.9 Å². The number of aromatic amines is 1. The van der Waals surface area contributed by atoms with Gasteiger partial charge in [-0.05, 0) is 30.3 Å². The fraction of sp³-hybridized carbons (Fsp3) is 0.100. The average Bonchev–Trinajstić information content (AvgIpc) is 3.13. The van der Waals surface area contributed by atoms with Gasteiger partial charge in [0.2, 0.25) is 0 Å². The Morgan fingerprint density at radius 3 is 2.75 bits per heavy atom. The first kappa shape index (κ1) is 17.6. The summed E-state index contributed by atoms with van der Waals surface area (Å²) >= 11 is 0. The van der Waals surface area contributed by atoms with Crippen molar-refractivity contribution in [2.24, 2.45) is 0 Å². The Labute approximate surface area is 159 Å². The molecule has 0 unspecified atom stereocenters. The van der Waals surface area contributed by atoms with Gasteiger partial charge >= 0.3 is 5.97 Å². The van der Waals surface area contributed by atoms with Crippen LogP contribution < -0.4 is 4.74 Å². The summed E-state index contributed by atoms with van der Waals surface area (Å²) < 4.78 is 10.8. The van der Waals surface area contributed by atoms with E-state index in [2.05, 4.69) is 19.9 Å². The number of ether oxygens (including phenoxy) is 2. The van der Waals surface area contributed by atoms with Gasteiger partial charge in [0.1, 0.15) is 22.8 Å². The number of hydrogen-bond donors (Lipinski definition) is 2. The van der Waals surface area contributed by atoms with Crippen LogP contribution in [0.4, 0.5) is 0 Å². The Morgan fingerprint density at radius 2 is 2.07 bits per heavy atom. The van der Waals surface area contributed by atoms with E-state index in [1.54, 1.807) is 31.5 Å². The molecule has 3 aromatic heterocycles. The maximum absolute atomic E-state index is 11.7. The van der Waals surface area contributed by atoms with Gasteiger partial charge in [0, 0.05) is 19.4 Å². The molecule has 2 N–H and O–H groups in total. The second kappa shape index (κ2) is 7.45. The van der Waals surface area contributed by atoms with E-state index in [0.29, 0.717) is 34.9 Å². The number of H-pyrrole nitrogens is 1. The highest BCUT2D eigenvalue weighted by Gasteiger charge is 2.17. The summed E-state index contributed by atoms with van der Waals surface area (Å²) in [6.45, 7) is 0.386. The second-order valence-corrected chi connectivity index (χ2v) is 5.99. The van der Waals surface area contributed by atoms with Crippen molar-refractivity contribution in [2.45, 2.75) is 6.61 Å². The number of nitrogens with zero attached hydrogens (tertiary/aromatic N) is 3. The van der Waals surface area contributed by atoms with Gasteiger partial charge < -0.3 is 19.6 Å². The molecule has 0 aliphatic heterocycles. The van der Waals surface area contributed by atoms with Gasteiger partial charge in [0.25, 0.3) is 0 Å². The smallest absolute Gasteiger partial charge is 0.339 e. The summed E-state index contributed by atoms with van der Waals surface area (Å²) in [4.78, 5) is 27.8. The van der Waals surface area contributed by atoms with Crippen molar-refractivity contribution in [1.82, 2.24) is 19.9 Å².